The summed E-state index contributed by atoms with van der Waals surface area (Å²) in [6.07, 6.45) is -5.05. The largest absolute Gasteiger partial charge is 0.390 e. The number of benzene rings is 1. The van der Waals surface area contributed by atoms with Crippen LogP contribution in [-0.4, -0.2) is 27.0 Å². The summed E-state index contributed by atoms with van der Waals surface area (Å²) >= 11 is 0. The first-order valence-electron chi connectivity index (χ1n) is 6.03. The van der Waals surface area contributed by atoms with Gasteiger partial charge in [-0.05, 0) is 24.1 Å². The molecule has 3 N–H and O–H groups in total. The molecule has 0 aliphatic carbocycles. The van der Waals surface area contributed by atoms with Crippen LogP contribution in [0.3, 0.4) is 0 Å². The van der Waals surface area contributed by atoms with Crippen LogP contribution in [0, 0.1) is 0 Å². The van der Waals surface area contributed by atoms with Gasteiger partial charge in [0.15, 0.2) is 0 Å². The molecule has 1 rings (SSSR count). The molecule has 0 heterocycles. The standard InChI is InChI=1S/C12H15F3N2O3S/c13-12(14,15)7-8-17-11(18)6-3-9-1-4-10(5-2-9)21(16,19)20/h1-2,4-5H,3,6-8H2,(H,17,18)(H2,16,19,20). The Balaban J connectivity index is 2.40. The fourth-order valence-corrected chi connectivity index (χ4v) is 2.05. The van der Waals surface area contributed by atoms with Crippen LogP contribution < -0.4 is 10.5 Å². The van der Waals surface area contributed by atoms with Gasteiger partial charge in [0.25, 0.3) is 0 Å². The molecule has 5 nitrogen and oxygen atoms in total. The van der Waals surface area contributed by atoms with Gasteiger partial charge in [0.05, 0.1) is 11.3 Å². The molecule has 0 unspecified atom stereocenters. The van der Waals surface area contributed by atoms with Crippen molar-refractivity contribution in [3.05, 3.63) is 29.8 Å². The SMILES string of the molecule is NS(=O)(=O)c1ccc(CCC(=O)NCCC(F)(F)F)cc1. The summed E-state index contributed by atoms with van der Waals surface area (Å²) in [6.45, 7) is -0.452. The molecule has 21 heavy (non-hydrogen) atoms. The van der Waals surface area contributed by atoms with E-state index in [1.807, 2.05) is 0 Å². The zero-order valence-corrected chi connectivity index (χ0v) is 11.8. The highest BCUT2D eigenvalue weighted by Crippen LogP contribution is 2.18. The van der Waals surface area contributed by atoms with E-state index in [0.717, 1.165) is 0 Å². The van der Waals surface area contributed by atoms with Crippen molar-refractivity contribution in [2.45, 2.75) is 30.3 Å². The van der Waals surface area contributed by atoms with Crippen LogP contribution in [0.15, 0.2) is 29.2 Å². The van der Waals surface area contributed by atoms with Gasteiger partial charge in [-0.3, -0.25) is 4.79 Å². The number of nitrogens with two attached hydrogens (primary N) is 1. The Morgan fingerprint density at radius 3 is 2.24 bits per heavy atom. The molecule has 1 aromatic carbocycles. The monoisotopic (exact) mass is 324 g/mol. The molecule has 0 aliphatic heterocycles. The molecule has 9 heteroatoms. The number of hydrogen-bond acceptors (Lipinski definition) is 3. The quantitative estimate of drug-likeness (QED) is 0.827. The Labute approximate surface area is 120 Å². The number of carbonyl (C=O) groups excluding carboxylic acids is 1. The second-order valence-corrected chi connectivity index (χ2v) is 5.97. The number of amides is 1. The molecule has 0 spiro atoms. The van der Waals surface area contributed by atoms with Crippen LogP contribution in [0.4, 0.5) is 13.2 Å². The zero-order chi connectivity index (χ0) is 16.1. The van der Waals surface area contributed by atoms with Gasteiger partial charge >= 0.3 is 6.18 Å². The normalized spacial score (nSPS) is 12.2. The van der Waals surface area contributed by atoms with Crippen LogP contribution in [0.25, 0.3) is 0 Å². The van der Waals surface area contributed by atoms with Gasteiger partial charge in [-0.1, -0.05) is 12.1 Å². The van der Waals surface area contributed by atoms with E-state index in [1.54, 1.807) is 0 Å². The van der Waals surface area contributed by atoms with Gasteiger partial charge in [0.1, 0.15) is 0 Å². The lowest BCUT2D eigenvalue weighted by atomic mass is 10.1. The molecule has 0 aromatic heterocycles. The first-order valence-corrected chi connectivity index (χ1v) is 7.58. The summed E-state index contributed by atoms with van der Waals surface area (Å²) in [5, 5.41) is 7.11. The number of sulfonamides is 1. The molecule has 1 aromatic rings. The summed E-state index contributed by atoms with van der Waals surface area (Å²) < 4.78 is 57.7. The molecule has 0 aliphatic rings. The Bertz CT molecular complexity index is 583. The highest BCUT2D eigenvalue weighted by molar-refractivity contribution is 7.89. The predicted molar refractivity (Wildman–Crippen MR) is 69.8 cm³/mol. The van der Waals surface area contributed by atoms with Crippen molar-refractivity contribution in [3.63, 3.8) is 0 Å². The topological polar surface area (TPSA) is 89.3 Å². The van der Waals surface area contributed by atoms with Crippen molar-refractivity contribution in [2.24, 2.45) is 5.14 Å². The lowest BCUT2D eigenvalue weighted by Crippen LogP contribution is -2.28. The van der Waals surface area contributed by atoms with E-state index in [1.165, 1.54) is 24.3 Å². The van der Waals surface area contributed by atoms with Crippen LogP contribution in [0.1, 0.15) is 18.4 Å². The van der Waals surface area contributed by atoms with Gasteiger partial charge in [-0.25, -0.2) is 13.6 Å². The van der Waals surface area contributed by atoms with Crippen molar-refractivity contribution in [1.82, 2.24) is 5.32 Å². The lowest BCUT2D eigenvalue weighted by Gasteiger charge is -2.08. The number of nitrogens with one attached hydrogen (secondary N) is 1. The summed E-state index contributed by atoms with van der Waals surface area (Å²) in [7, 11) is -3.76. The molecule has 0 saturated carbocycles. The Kier molecular flexibility index (Phi) is 5.73. The Morgan fingerprint density at radius 1 is 1.19 bits per heavy atom. The lowest BCUT2D eigenvalue weighted by molar-refractivity contribution is -0.135. The van der Waals surface area contributed by atoms with Crippen molar-refractivity contribution in [1.29, 1.82) is 0 Å². The van der Waals surface area contributed by atoms with E-state index >= 15 is 0 Å². The smallest absolute Gasteiger partial charge is 0.356 e. The van der Waals surface area contributed by atoms with E-state index in [0.29, 0.717) is 12.0 Å². The number of aryl methyl sites for hydroxylation is 1. The third kappa shape index (κ3) is 7.09. The number of carbonyl (C=O) groups is 1. The van der Waals surface area contributed by atoms with Crippen LogP contribution in [-0.2, 0) is 21.2 Å². The van der Waals surface area contributed by atoms with Gasteiger partial charge in [0, 0.05) is 13.0 Å². The van der Waals surface area contributed by atoms with Crippen molar-refractivity contribution in [2.75, 3.05) is 6.54 Å². The summed E-state index contributed by atoms with van der Waals surface area (Å²) in [5.41, 5.74) is 0.688. The highest BCUT2D eigenvalue weighted by Gasteiger charge is 2.26. The minimum atomic E-state index is -4.29. The molecule has 0 radical (unpaired) electrons. The minimum absolute atomic E-state index is 0.0204. The number of alkyl halides is 3. The van der Waals surface area contributed by atoms with Crippen molar-refractivity contribution < 1.29 is 26.4 Å². The minimum Gasteiger partial charge on any atom is -0.356 e. The summed E-state index contributed by atoms with van der Waals surface area (Å²) in [4.78, 5) is 11.3. The summed E-state index contributed by atoms with van der Waals surface area (Å²) in [5.74, 6) is -0.491. The highest BCUT2D eigenvalue weighted by atomic mass is 32.2. The molecular formula is C12H15F3N2O3S. The average molecular weight is 324 g/mol. The number of halogens is 3. The first kappa shape index (κ1) is 17.4. The molecular weight excluding hydrogens is 309 g/mol. The molecule has 118 valence electrons. The predicted octanol–water partition coefficient (Wildman–Crippen LogP) is 1.34. The van der Waals surface area contributed by atoms with Gasteiger partial charge in [-0.2, -0.15) is 13.2 Å². The van der Waals surface area contributed by atoms with Crippen molar-refractivity contribution in [3.8, 4) is 0 Å². The number of hydrogen-bond donors (Lipinski definition) is 2. The first-order chi connectivity index (χ1) is 9.58. The Morgan fingerprint density at radius 2 is 1.76 bits per heavy atom. The van der Waals surface area contributed by atoms with Crippen LogP contribution >= 0.6 is 0 Å². The van der Waals surface area contributed by atoms with Crippen molar-refractivity contribution >= 4 is 15.9 Å². The fraction of sp³-hybridized carbons (Fsp3) is 0.417. The van der Waals surface area contributed by atoms with E-state index in [-0.39, 0.29) is 11.3 Å². The van der Waals surface area contributed by atoms with Gasteiger partial charge in [0.2, 0.25) is 15.9 Å². The van der Waals surface area contributed by atoms with Crippen LogP contribution in [0.5, 0.6) is 0 Å². The maximum Gasteiger partial charge on any atom is 0.390 e. The van der Waals surface area contributed by atoms with E-state index in [2.05, 4.69) is 5.32 Å². The van der Waals surface area contributed by atoms with E-state index in [9.17, 15) is 26.4 Å². The average Bonchev–Trinajstić information content (AvgIpc) is 2.34. The van der Waals surface area contributed by atoms with Crippen LogP contribution in [0.2, 0.25) is 0 Å². The molecule has 1 amide bonds. The third-order valence-corrected chi connectivity index (χ3v) is 3.55. The Hall–Kier alpha value is -1.61. The molecule has 0 fully saturated rings. The number of primary sulfonamides is 1. The molecule has 0 bridgehead atoms. The van der Waals surface area contributed by atoms with Gasteiger partial charge < -0.3 is 5.32 Å². The third-order valence-electron chi connectivity index (χ3n) is 2.62. The second-order valence-electron chi connectivity index (χ2n) is 4.40. The zero-order valence-electron chi connectivity index (χ0n) is 11.0. The summed E-state index contributed by atoms with van der Waals surface area (Å²) in [6, 6.07) is 5.63. The fourth-order valence-electron chi connectivity index (χ4n) is 1.54. The molecule has 0 saturated heterocycles. The maximum absolute atomic E-state index is 11.9. The number of rotatable bonds is 6. The maximum atomic E-state index is 11.9. The second kappa shape index (κ2) is 6.90. The van der Waals surface area contributed by atoms with Gasteiger partial charge in [-0.15, -0.1) is 0 Å². The van der Waals surface area contributed by atoms with E-state index < -0.39 is 35.1 Å². The van der Waals surface area contributed by atoms with E-state index in [4.69, 9.17) is 5.14 Å². The molecule has 0 atom stereocenters.